The summed E-state index contributed by atoms with van der Waals surface area (Å²) in [6.07, 6.45) is 2.65. The first-order chi connectivity index (χ1) is 9.99. The van der Waals surface area contributed by atoms with Gasteiger partial charge in [0.1, 0.15) is 12.2 Å². The molecule has 0 aromatic heterocycles. The maximum Gasteiger partial charge on any atom is 0.317 e. The van der Waals surface area contributed by atoms with Crippen molar-refractivity contribution in [2.75, 3.05) is 33.9 Å². The molecule has 0 aromatic carbocycles. The summed E-state index contributed by atoms with van der Waals surface area (Å²) >= 11 is 0. The molecule has 1 aliphatic carbocycles. The van der Waals surface area contributed by atoms with Gasteiger partial charge in [-0.1, -0.05) is 6.42 Å². The molecule has 0 aromatic rings. The van der Waals surface area contributed by atoms with Gasteiger partial charge in [0.25, 0.3) is 0 Å². The number of urea groups is 1. The third-order valence-electron chi connectivity index (χ3n) is 4.66. The summed E-state index contributed by atoms with van der Waals surface area (Å²) in [4.78, 5) is 24.8. The predicted molar refractivity (Wildman–Crippen MR) is 75.1 cm³/mol. The quantitative estimate of drug-likeness (QED) is 0.753. The number of likely N-dealkylation sites (tertiary alicyclic amines) is 1. The van der Waals surface area contributed by atoms with Crippen LogP contribution in [0, 0.1) is 5.41 Å². The smallest absolute Gasteiger partial charge is 0.317 e. The number of rotatable bonds is 6. The van der Waals surface area contributed by atoms with Crippen LogP contribution in [0.3, 0.4) is 0 Å². The first-order valence-electron chi connectivity index (χ1n) is 7.30. The Kier molecular flexibility index (Phi) is 5.05. The molecule has 0 radical (unpaired) electrons. The van der Waals surface area contributed by atoms with Crippen LogP contribution in [0.1, 0.15) is 25.7 Å². The number of methoxy groups -OCH3 is 2. The van der Waals surface area contributed by atoms with E-state index in [-0.39, 0.29) is 30.1 Å². The molecule has 2 aliphatic rings. The number of carboxylic acids is 1. The first-order valence-corrected chi connectivity index (χ1v) is 7.30. The zero-order chi connectivity index (χ0) is 15.5. The van der Waals surface area contributed by atoms with Crippen molar-refractivity contribution in [1.82, 2.24) is 10.2 Å². The molecule has 2 amide bonds. The van der Waals surface area contributed by atoms with Crippen LogP contribution < -0.4 is 5.32 Å². The van der Waals surface area contributed by atoms with Crippen molar-refractivity contribution in [2.45, 2.75) is 37.9 Å². The van der Waals surface area contributed by atoms with Crippen LogP contribution in [0.25, 0.3) is 0 Å². The van der Waals surface area contributed by atoms with Crippen molar-refractivity contribution in [1.29, 1.82) is 0 Å². The van der Waals surface area contributed by atoms with Gasteiger partial charge in [0, 0.05) is 20.8 Å². The highest BCUT2D eigenvalue weighted by atomic mass is 16.5. The van der Waals surface area contributed by atoms with Crippen LogP contribution in [-0.2, 0) is 14.3 Å². The molecule has 0 bridgehead atoms. The maximum absolute atomic E-state index is 12.2. The van der Waals surface area contributed by atoms with E-state index in [1.807, 2.05) is 0 Å². The fourth-order valence-corrected chi connectivity index (χ4v) is 3.15. The molecule has 1 saturated carbocycles. The lowest BCUT2D eigenvalue weighted by atomic mass is 9.66. The van der Waals surface area contributed by atoms with Gasteiger partial charge in [-0.25, -0.2) is 4.79 Å². The predicted octanol–water partition coefficient (Wildman–Crippen LogP) is 0.687. The Morgan fingerprint density at radius 2 is 1.81 bits per heavy atom. The summed E-state index contributed by atoms with van der Waals surface area (Å²) in [6, 6.07) is -0.173. The van der Waals surface area contributed by atoms with E-state index in [4.69, 9.17) is 14.6 Å². The highest BCUT2D eigenvalue weighted by Gasteiger charge is 2.40. The third kappa shape index (κ3) is 3.65. The lowest BCUT2D eigenvalue weighted by Gasteiger charge is -2.41. The summed E-state index contributed by atoms with van der Waals surface area (Å²) in [5, 5.41) is 11.8. The van der Waals surface area contributed by atoms with Crippen LogP contribution in [0.4, 0.5) is 4.79 Å². The van der Waals surface area contributed by atoms with E-state index in [0.29, 0.717) is 19.6 Å². The Morgan fingerprint density at radius 1 is 1.24 bits per heavy atom. The van der Waals surface area contributed by atoms with E-state index >= 15 is 0 Å². The largest absolute Gasteiger partial charge is 0.481 e. The van der Waals surface area contributed by atoms with E-state index in [1.165, 1.54) is 0 Å². The molecular formula is C14H24N2O5. The van der Waals surface area contributed by atoms with Gasteiger partial charge >= 0.3 is 12.0 Å². The fourth-order valence-electron chi connectivity index (χ4n) is 3.15. The minimum absolute atomic E-state index is 0.113. The highest BCUT2D eigenvalue weighted by Crippen LogP contribution is 2.43. The molecule has 2 atom stereocenters. The Labute approximate surface area is 124 Å². The monoisotopic (exact) mass is 300 g/mol. The van der Waals surface area contributed by atoms with E-state index in [1.54, 1.807) is 19.1 Å². The van der Waals surface area contributed by atoms with Crippen molar-refractivity contribution < 1.29 is 24.2 Å². The van der Waals surface area contributed by atoms with Gasteiger partial charge in [0.15, 0.2) is 0 Å². The molecule has 1 saturated heterocycles. The Bertz CT molecular complexity index is 385. The van der Waals surface area contributed by atoms with Gasteiger partial charge in [-0.05, 0) is 18.3 Å². The van der Waals surface area contributed by atoms with Crippen molar-refractivity contribution in [2.24, 2.45) is 5.41 Å². The Balaban J connectivity index is 1.83. The molecule has 2 unspecified atom stereocenters. The zero-order valence-corrected chi connectivity index (χ0v) is 12.6. The van der Waals surface area contributed by atoms with Crippen LogP contribution >= 0.6 is 0 Å². The molecule has 0 spiro atoms. The average Bonchev–Trinajstić information content (AvgIpc) is 2.84. The van der Waals surface area contributed by atoms with Gasteiger partial charge in [0.05, 0.1) is 19.5 Å². The molecule has 21 heavy (non-hydrogen) atoms. The SMILES string of the molecule is COC1CN(C(=O)NCC2(CC(=O)O)CCC2)CC1OC. The van der Waals surface area contributed by atoms with E-state index in [0.717, 1.165) is 19.3 Å². The maximum atomic E-state index is 12.2. The van der Waals surface area contributed by atoms with Gasteiger partial charge in [0.2, 0.25) is 0 Å². The molecule has 1 aliphatic heterocycles. The van der Waals surface area contributed by atoms with Gasteiger partial charge in [-0.2, -0.15) is 0 Å². The number of nitrogens with one attached hydrogen (secondary N) is 1. The first kappa shape index (κ1) is 16.0. The second-order valence-electron chi connectivity index (χ2n) is 6.04. The number of hydrogen-bond acceptors (Lipinski definition) is 4. The topological polar surface area (TPSA) is 88.1 Å². The molecule has 2 N–H and O–H groups in total. The molecule has 120 valence electrons. The molecule has 2 rings (SSSR count). The molecule has 2 fully saturated rings. The van der Waals surface area contributed by atoms with Crippen molar-refractivity contribution in [3.63, 3.8) is 0 Å². The lowest BCUT2D eigenvalue weighted by molar-refractivity contribution is -0.141. The summed E-state index contributed by atoms with van der Waals surface area (Å²) in [5.74, 6) is -0.802. The summed E-state index contributed by atoms with van der Waals surface area (Å²) in [7, 11) is 3.21. The fraction of sp³-hybridized carbons (Fsp3) is 0.857. The Morgan fingerprint density at radius 3 is 2.19 bits per heavy atom. The second-order valence-corrected chi connectivity index (χ2v) is 6.04. The summed E-state index contributed by atoms with van der Waals surface area (Å²) in [6.45, 7) is 1.41. The van der Waals surface area contributed by atoms with Crippen molar-refractivity contribution in [3.8, 4) is 0 Å². The van der Waals surface area contributed by atoms with Crippen molar-refractivity contribution >= 4 is 12.0 Å². The minimum Gasteiger partial charge on any atom is -0.481 e. The zero-order valence-electron chi connectivity index (χ0n) is 12.6. The van der Waals surface area contributed by atoms with Gasteiger partial charge < -0.3 is 24.8 Å². The summed E-state index contributed by atoms with van der Waals surface area (Å²) < 4.78 is 10.6. The normalized spacial score (nSPS) is 27.2. The minimum atomic E-state index is -0.802. The van der Waals surface area contributed by atoms with E-state index in [9.17, 15) is 9.59 Å². The standard InChI is InChI=1S/C14H24N2O5/c1-20-10-7-16(8-11(10)21-2)13(19)15-9-14(4-3-5-14)6-12(17)18/h10-11H,3-9H2,1-2H3,(H,15,19)(H,17,18). The van der Waals surface area contributed by atoms with Gasteiger partial charge in [-0.15, -0.1) is 0 Å². The molecule has 1 heterocycles. The van der Waals surface area contributed by atoms with Gasteiger partial charge in [-0.3, -0.25) is 4.79 Å². The number of nitrogens with zero attached hydrogens (tertiary/aromatic N) is 1. The molecule has 7 nitrogen and oxygen atoms in total. The summed E-state index contributed by atoms with van der Waals surface area (Å²) in [5.41, 5.74) is -0.261. The lowest BCUT2D eigenvalue weighted by Crippen LogP contribution is -2.47. The van der Waals surface area contributed by atoms with Crippen LogP contribution in [0.2, 0.25) is 0 Å². The van der Waals surface area contributed by atoms with Crippen LogP contribution in [0.5, 0.6) is 0 Å². The van der Waals surface area contributed by atoms with Crippen LogP contribution in [-0.4, -0.2) is 68.1 Å². The number of hydrogen-bond donors (Lipinski definition) is 2. The number of carbonyl (C=O) groups excluding carboxylic acids is 1. The third-order valence-corrected chi connectivity index (χ3v) is 4.66. The average molecular weight is 300 g/mol. The van der Waals surface area contributed by atoms with E-state index < -0.39 is 5.97 Å². The number of carbonyl (C=O) groups is 2. The molecular weight excluding hydrogens is 276 g/mol. The number of carboxylic acid groups (broad SMARTS) is 1. The Hall–Kier alpha value is -1.34. The van der Waals surface area contributed by atoms with E-state index in [2.05, 4.69) is 5.32 Å². The number of amides is 2. The number of ether oxygens (including phenoxy) is 2. The molecule has 7 heteroatoms. The van der Waals surface area contributed by atoms with Crippen molar-refractivity contribution in [3.05, 3.63) is 0 Å². The second kappa shape index (κ2) is 6.62. The van der Waals surface area contributed by atoms with Crippen LogP contribution in [0.15, 0.2) is 0 Å². The number of aliphatic carboxylic acids is 1. The highest BCUT2D eigenvalue weighted by molar-refractivity contribution is 5.75.